The van der Waals surface area contributed by atoms with Crippen LogP contribution in [0.2, 0.25) is 0 Å². The molecule has 2 aliphatic heterocycles. The van der Waals surface area contributed by atoms with Crippen molar-refractivity contribution in [1.82, 2.24) is 4.57 Å². The normalized spacial score (nSPS) is 13.8. The predicted octanol–water partition coefficient (Wildman–Crippen LogP) is 19.4. The number of hydrogen-bond donors (Lipinski definition) is 0. The van der Waals surface area contributed by atoms with Gasteiger partial charge in [-0.15, -0.1) is 22.7 Å². The number of anilines is 6. The molecule has 0 atom stereocenters. The van der Waals surface area contributed by atoms with Gasteiger partial charge in [0, 0.05) is 75.2 Å². The summed E-state index contributed by atoms with van der Waals surface area (Å²) in [5, 5.41) is 9.98. The predicted molar refractivity (Wildman–Crippen MR) is 344 cm³/mol. The first-order chi connectivity index (χ1) is 38.1. The summed E-state index contributed by atoms with van der Waals surface area (Å²) in [5.41, 5.74) is 20.0. The van der Waals surface area contributed by atoms with E-state index in [1.54, 1.807) is 0 Å². The fourth-order valence-corrected chi connectivity index (χ4v) is 15.9. The monoisotopic (exact) mass is 1060 g/mol. The van der Waals surface area contributed by atoms with Gasteiger partial charge in [-0.1, -0.05) is 165 Å². The second kappa shape index (κ2) is 16.3. The van der Waals surface area contributed by atoms with Gasteiger partial charge in [-0.05, 0) is 134 Å². The summed E-state index contributed by atoms with van der Waals surface area (Å²) in [6.45, 7) is 20.9. The molecule has 0 bridgehead atoms. The number of aromatic nitrogens is 1. The molecule has 4 aromatic heterocycles. The van der Waals surface area contributed by atoms with Crippen LogP contribution in [0.3, 0.4) is 0 Å². The Balaban J connectivity index is 1.11. The first-order valence-corrected chi connectivity index (χ1v) is 29.5. The van der Waals surface area contributed by atoms with Crippen LogP contribution in [0.1, 0.15) is 79.0 Å². The van der Waals surface area contributed by atoms with Gasteiger partial charge >= 0.3 is 0 Å². The van der Waals surface area contributed by atoms with E-state index in [0.29, 0.717) is 0 Å². The lowest BCUT2D eigenvalue weighted by Gasteiger charge is -2.45. The van der Waals surface area contributed by atoms with E-state index in [1.807, 2.05) is 22.7 Å². The van der Waals surface area contributed by atoms with Crippen molar-refractivity contribution in [2.75, 3.05) is 9.80 Å². The zero-order valence-corrected chi connectivity index (χ0v) is 47.7. The Kier molecular flexibility index (Phi) is 9.66. The van der Waals surface area contributed by atoms with Gasteiger partial charge in [0.25, 0.3) is 6.71 Å². The van der Waals surface area contributed by atoms with Crippen molar-refractivity contribution in [1.29, 1.82) is 0 Å². The van der Waals surface area contributed by atoms with Crippen LogP contribution in [0.4, 0.5) is 34.1 Å². The van der Waals surface area contributed by atoms with E-state index < -0.39 is 0 Å². The summed E-state index contributed by atoms with van der Waals surface area (Å²) < 4.78 is 14.6. The van der Waals surface area contributed by atoms with Gasteiger partial charge < -0.3 is 18.8 Å². The van der Waals surface area contributed by atoms with Gasteiger partial charge in [-0.25, -0.2) is 0 Å². The molecule has 0 saturated carbocycles. The third-order valence-electron chi connectivity index (χ3n) is 17.4. The van der Waals surface area contributed by atoms with E-state index in [-0.39, 0.29) is 23.0 Å². The molecule has 16 rings (SSSR count). The van der Waals surface area contributed by atoms with Crippen LogP contribution in [0.5, 0.6) is 0 Å². The van der Waals surface area contributed by atoms with Gasteiger partial charge in [0.15, 0.2) is 0 Å². The summed E-state index contributed by atoms with van der Waals surface area (Å²) in [6.07, 6.45) is 0. The molecule has 7 heteroatoms. The highest BCUT2D eigenvalue weighted by Gasteiger charge is 2.46. The lowest BCUT2D eigenvalue weighted by molar-refractivity contribution is 0.590. The minimum absolute atomic E-state index is 0.0318. The molecular formula is C72H58BN3OS2. The van der Waals surface area contributed by atoms with Gasteiger partial charge in [0.2, 0.25) is 0 Å². The van der Waals surface area contributed by atoms with E-state index in [4.69, 9.17) is 4.42 Å². The summed E-state index contributed by atoms with van der Waals surface area (Å²) in [4.78, 5) is 5.31. The quantitative estimate of drug-likeness (QED) is 0.165. The van der Waals surface area contributed by atoms with Crippen molar-refractivity contribution in [2.24, 2.45) is 0 Å². The van der Waals surface area contributed by atoms with Crippen LogP contribution >= 0.6 is 22.7 Å². The maximum absolute atomic E-state index is 6.90. The van der Waals surface area contributed by atoms with Crippen LogP contribution in [0.25, 0.3) is 89.8 Å². The molecule has 79 heavy (non-hydrogen) atoms. The Bertz CT molecular complexity index is 4880. The Morgan fingerprint density at radius 1 is 0.367 bits per heavy atom. The molecule has 6 heterocycles. The lowest BCUT2D eigenvalue weighted by Crippen LogP contribution is -2.61. The van der Waals surface area contributed by atoms with Crippen molar-refractivity contribution in [3.8, 4) is 5.69 Å². The van der Waals surface area contributed by atoms with E-state index in [0.717, 1.165) is 22.2 Å². The average Bonchev–Trinajstić information content (AvgIpc) is 4.26. The van der Waals surface area contributed by atoms with Gasteiger partial charge in [0.1, 0.15) is 11.2 Å². The number of nitrogens with zero attached hydrogens (tertiary/aromatic N) is 3. The van der Waals surface area contributed by atoms with Crippen molar-refractivity contribution in [2.45, 2.75) is 78.6 Å². The average molecular weight is 1060 g/mol. The van der Waals surface area contributed by atoms with Crippen molar-refractivity contribution < 1.29 is 4.42 Å². The number of fused-ring (bicyclic) bond motifs is 17. The zero-order valence-electron chi connectivity index (χ0n) is 46.0. The molecule has 0 fully saturated rings. The smallest absolute Gasteiger partial charge is 0.253 e. The van der Waals surface area contributed by atoms with E-state index in [2.05, 4.69) is 265 Å². The lowest BCUT2D eigenvalue weighted by atomic mass is 9.33. The molecule has 0 N–H and O–H groups in total. The summed E-state index contributed by atoms with van der Waals surface area (Å²) in [6, 6.07) is 72.0. The third kappa shape index (κ3) is 6.73. The number of hydrogen-bond acceptors (Lipinski definition) is 5. The van der Waals surface area contributed by atoms with E-state index >= 15 is 0 Å². The molecule has 2 aliphatic rings. The molecule has 0 radical (unpaired) electrons. The molecule has 4 nitrogen and oxygen atoms in total. The highest BCUT2D eigenvalue weighted by molar-refractivity contribution is 7.27. The van der Waals surface area contributed by atoms with Crippen LogP contribution in [-0.2, 0) is 16.2 Å². The maximum Gasteiger partial charge on any atom is 0.253 e. The Hall–Kier alpha value is -8.10. The topological polar surface area (TPSA) is 24.6 Å². The Morgan fingerprint density at radius 3 is 1.43 bits per heavy atom. The van der Waals surface area contributed by atoms with Crippen LogP contribution in [-0.4, -0.2) is 11.3 Å². The Morgan fingerprint density at radius 2 is 0.861 bits per heavy atom. The molecule has 10 aromatic carbocycles. The molecule has 0 amide bonds. The standard InChI is InChI=1S/C72H58BN3OS2/c1-70(2,3)41-29-32-53-50(36-41)51-37-42(71(4,5)6)30-33-54(51)74(53)44-39-59-66-60(40-44)76(57-24-17-22-48-46-19-12-15-27-64(46)79-69(48)57)58-38-43(72(7,8)9)28-31-52(58)73(66)67-55(34-35-62-65(67)49-20-10-13-25-61(49)77-62)75(59)56-23-16-21-47-45-18-11-14-26-63(45)78-68(47)56/h10-40H,1-9H3. The molecule has 14 aromatic rings. The first-order valence-electron chi connectivity index (χ1n) is 27.9. The highest BCUT2D eigenvalue weighted by Crippen LogP contribution is 2.53. The number of thiophene rings is 2. The Labute approximate surface area is 468 Å². The van der Waals surface area contributed by atoms with Gasteiger partial charge in [-0.2, -0.15) is 0 Å². The fourth-order valence-electron chi connectivity index (χ4n) is 13.5. The second-order valence-electron chi connectivity index (χ2n) is 25.3. The number of rotatable bonds is 3. The SMILES string of the molecule is CC(C)(C)c1ccc2c(c1)N(c1cccc3c1sc1ccccc13)c1cc(-n3c4ccc(C(C)(C)C)cc4c4cc(C(C)(C)C)ccc43)cc3c1B2c1c(ccc2oc4ccccc4c12)N3c1cccc2c1sc1ccccc12. The van der Waals surface area contributed by atoms with Gasteiger partial charge in [-0.3, -0.25) is 0 Å². The number of furan rings is 1. The molecule has 0 unspecified atom stereocenters. The summed E-state index contributed by atoms with van der Waals surface area (Å²) in [7, 11) is 0. The highest BCUT2D eigenvalue weighted by atomic mass is 32.1. The van der Waals surface area contributed by atoms with Crippen molar-refractivity contribution in [3.05, 3.63) is 205 Å². The molecular weight excluding hydrogens is 998 g/mol. The molecule has 0 saturated heterocycles. The molecule has 0 spiro atoms. The van der Waals surface area contributed by atoms with Crippen molar-refractivity contribution >= 4 is 164 Å². The maximum atomic E-state index is 6.90. The number of para-hydroxylation sites is 1. The minimum atomic E-state index is -0.152. The zero-order chi connectivity index (χ0) is 53.6. The van der Waals surface area contributed by atoms with E-state index in [9.17, 15) is 0 Å². The van der Waals surface area contributed by atoms with Crippen molar-refractivity contribution in [3.63, 3.8) is 0 Å². The number of benzene rings is 10. The molecule has 382 valence electrons. The van der Waals surface area contributed by atoms with E-state index in [1.165, 1.54) is 135 Å². The van der Waals surface area contributed by atoms with Crippen LogP contribution in [0.15, 0.2) is 192 Å². The second-order valence-corrected chi connectivity index (χ2v) is 27.4. The van der Waals surface area contributed by atoms with Crippen LogP contribution in [0, 0.1) is 0 Å². The fraction of sp³-hybridized carbons (Fsp3) is 0.167. The van der Waals surface area contributed by atoms with Crippen LogP contribution < -0.4 is 26.2 Å². The summed E-state index contributed by atoms with van der Waals surface area (Å²) >= 11 is 3.80. The largest absolute Gasteiger partial charge is 0.456 e. The summed E-state index contributed by atoms with van der Waals surface area (Å²) in [5.74, 6) is 0. The molecule has 0 aliphatic carbocycles. The third-order valence-corrected chi connectivity index (χ3v) is 19.9. The first kappa shape index (κ1) is 47.0. The minimum Gasteiger partial charge on any atom is -0.456 e. The van der Waals surface area contributed by atoms with Gasteiger partial charge in [0.05, 0.1) is 37.5 Å².